The number of fused-ring (bicyclic) bond motifs is 3. The molecule has 1 aliphatic carbocycles. The van der Waals surface area contributed by atoms with Crippen LogP contribution >= 0.6 is 11.3 Å². The summed E-state index contributed by atoms with van der Waals surface area (Å²) >= 11 is 1.71. The summed E-state index contributed by atoms with van der Waals surface area (Å²) in [6.07, 6.45) is 4.64. The Morgan fingerprint density at radius 2 is 2.07 bits per heavy atom. The van der Waals surface area contributed by atoms with Gasteiger partial charge in [-0.15, -0.1) is 11.3 Å². The van der Waals surface area contributed by atoms with E-state index in [1.54, 1.807) is 17.7 Å². The smallest absolute Gasteiger partial charge is 0.226 e. The van der Waals surface area contributed by atoms with E-state index < -0.39 is 0 Å². The van der Waals surface area contributed by atoms with Crippen LogP contribution < -0.4 is 5.32 Å². The van der Waals surface area contributed by atoms with Crippen molar-refractivity contribution < 1.29 is 4.79 Å². The largest absolute Gasteiger partial charge is 0.363 e. The summed E-state index contributed by atoms with van der Waals surface area (Å²) in [4.78, 5) is 25.8. The van der Waals surface area contributed by atoms with Crippen molar-refractivity contribution in [1.82, 2.24) is 14.9 Å². The van der Waals surface area contributed by atoms with Gasteiger partial charge in [0.25, 0.3) is 0 Å². The lowest BCUT2D eigenvalue weighted by Gasteiger charge is -2.27. The van der Waals surface area contributed by atoms with Crippen molar-refractivity contribution in [2.24, 2.45) is 5.92 Å². The molecule has 5 nitrogen and oxygen atoms in total. The number of carbonyl (C=O) groups excluding carboxylic acids is 1. The van der Waals surface area contributed by atoms with Gasteiger partial charge in [0.2, 0.25) is 5.91 Å². The van der Waals surface area contributed by atoms with Crippen molar-refractivity contribution in [1.29, 1.82) is 0 Å². The van der Waals surface area contributed by atoms with Crippen molar-refractivity contribution in [3.05, 3.63) is 52.7 Å². The van der Waals surface area contributed by atoms with Crippen LogP contribution in [-0.2, 0) is 17.8 Å². The third-order valence-electron chi connectivity index (χ3n) is 5.53. The first-order chi connectivity index (χ1) is 13.2. The van der Waals surface area contributed by atoms with E-state index in [2.05, 4.69) is 46.5 Å². The Kier molecular flexibility index (Phi) is 4.08. The minimum atomic E-state index is 0.163. The third-order valence-corrected chi connectivity index (χ3v) is 6.65. The number of nitrogens with zero attached hydrogens (tertiary/aromatic N) is 3. The van der Waals surface area contributed by atoms with E-state index in [-0.39, 0.29) is 12.0 Å². The molecule has 0 unspecified atom stereocenters. The number of rotatable bonds is 4. The quantitative estimate of drug-likeness (QED) is 0.741. The maximum absolute atomic E-state index is 12.4. The first-order valence-corrected chi connectivity index (χ1v) is 10.4. The molecule has 1 fully saturated rings. The second kappa shape index (κ2) is 6.60. The van der Waals surface area contributed by atoms with E-state index in [9.17, 15) is 4.79 Å². The second-order valence-corrected chi connectivity index (χ2v) is 8.55. The first-order valence-electron chi connectivity index (χ1n) is 9.56. The Labute approximate surface area is 162 Å². The summed E-state index contributed by atoms with van der Waals surface area (Å²) < 4.78 is 0. The van der Waals surface area contributed by atoms with E-state index in [4.69, 9.17) is 0 Å². The minimum absolute atomic E-state index is 0.163. The average molecular weight is 379 g/mol. The molecule has 1 aromatic carbocycles. The molecule has 5 rings (SSSR count). The van der Waals surface area contributed by atoms with E-state index in [1.165, 1.54) is 16.0 Å². The van der Waals surface area contributed by atoms with Gasteiger partial charge in [0.1, 0.15) is 17.0 Å². The number of hydrogen-bond acceptors (Lipinski definition) is 5. The molecule has 6 heteroatoms. The molecule has 0 saturated heterocycles. The summed E-state index contributed by atoms with van der Waals surface area (Å²) in [5, 5.41) is 4.71. The Bertz CT molecular complexity index is 996. The van der Waals surface area contributed by atoms with Crippen LogP contribution in [0.2, 0.25) is 0 Å². The highest BCUT2D eigenvalue weighted by Gasteiger charge is 2.35. The number of nitrogens with one attached hydrogen (secondary N) is 1. The highest BCUT2D eigenvalue weighted by molar-refractivity contribution is 7.19. The molecule has 0 bridgehead atoms. The van der Waals surface area contributed by atoms with Crippen LogP contribution in [0.1, 0.15) is 41.8 Å². The standard InChI is InChI=1S/C21H22N4OS/c1-13(14-5-3-2-4-6-14)24-19-18-16-9-10-25(21(26)15-7-8-15)11-17(16)27-20(18)23-12-22-19/h2-6,12-13,15H,7-11H2,1H3,(H,22,23,24)/t13-/m1/s1. The SMILES string of the molecule is C[C@@H](Nc1ncnc2sc3c(c12)CCN(C(=O)C1CC1)C3)c1ccccc1. The summed E-state index contributed by atoms with van der Waals surface area (Å²) in [7, 11) is 0. The van der Waals surface area contributed by atoms with Gasteiger partial charge in [0, 0.05) is 23.4 Å². The molecule has 138 valence electrons. The zero-order chi connectivity index (χ0) is 18.4. The van der Waals surface area contributed by atoms with Gasteiger partial charge in [0.05, 0.1) is 11.9 Å². The molecule has 2 aliphatic rings. The highest BCUT2D eigenvalue weighted by atomic mass is 32.1. The fraction of sp³-hybridized carbons (Fsp3) is 0.381. The van der Waals surface area contributed by atoms with Crippen molar-refractivity contribution in [2.45, 2.75) is 38.8 Å². The van der Waals surface area contributed by atoms with E-state index in [1.807, 2.05) is 11.0 Å². The molecule has 1 aliphatic heterocycles. The molecule has 1 atom stereocenters. The minimum Gasteiger partial charge on any atom is -0.363 e. The Morgan fingerprint density at radius 3 is 2.85 bits per heavy atom. The monoisotopic (exact) mass is 378 g/mol. The highest BCUT2D eigenvalue weighted by Crippen LogP contribution is 2.39. The van der Waals surface area contributed by atoms with Gasteiger partial charge in [-0.25, -0.2) is 9.97 Å². The zero-order valence-electron chi connectivity index (χ0n) is 15.3. The van der Waals surface area contributed by atoms with E-state index >= 15 is 0 Å². The first kappa shape index (κ1) is 16.7. The van der Waals surface area contributed by atoms with E-state index in [0.717, 1.165) is 48.4 Å². The third kappa shape index (κ3) is 3.08. The fourth-order valence-corrected chi connectivity index (χ4v) is 5.05. The number of aromatic nitrogens is 2. The van der Waals surface area contributed by atoms with Crippen molar-refractivity contribution in [2.75, 3.05) is 11.9 Å². The zero-order valence-corrected chi connectivity index (χ0v) is 16.1. The summed E-state index contributed by atoms with van der Waals surface area (Å²) in [6, 6.07) is 10.6. The predicted molar refractivity (Wildman–Crippen MR) is 108 cm³/mol. The molecule has 0 radical (unpaired) electrons. The maximum Gasteiger partial charge on any atom is 0.226 e. The lowest BCUT2D eigenvalue weighted by molar-refractivity contribution is -0.133. The average Bonchev–Trinajstić information content (AvgIpc) is 3.48. The lowest BCUT2D eigenvalue weighted by Crippen LogP contribution is -2.36. The molecular weight excluding hydrogens is 356 g/mol. The van der Waals surface area contributed by atoms with Crippen LogP contribution in [0.5, 0.6) is 0 Å². The van der Waals surface area contributed by atoms with Crippen LogP contribution in [0, 0.1) is 5.92 Å². The number of amides is 1. The second-order valence-electron chi connectivity index (χ2n) is 7.47. The number of anilines is 1. The normalized spacial score (nSPS) is 17.6. The van der Waals surface area contributed by atoms with E-state index in [0.29, 0.717) is 5.91 Å². The van der Waals surface area contributed by atoms with Crippen molar-refractivity contribution in [3.8, 4) is 0 Å². The van der Waals surface area contributed by atoms with Crippen LogP contribution in [0.3, 0.4) is 0 Å². The molecule has 1 saturated carbocycles. The number of thiophene rings is 1. The number of carbonyl (C=O) groups is 1. The van der Waals surface area contributed by atoms with Gasteiger partial charge < -0.3 is 10.2 Å². The fourth-order valence-electron chi connectivity index (χ4n) is 3.84. The maximum atomic E-state index is 12.4. The molecule has 3 heterocycles. The van der Waals surface area contributed by atoms with Gasteiger partial charge in [-0.05, 0) is 37.3 Å². The van der Waals surface area contributed by atoms with Crippen molar-refractivity contribution >= 4 is 33.3 Å². The molecule has 27 heavy (non-hydrogen) atoms. The Hall–Kier alpha value is -2.47. The van der Waals surface area contributed by atoms with Gasteiger partial charge >= 0.3 is 0 Å². The van der Waals surface area contributed by atoms with Gasteiger partial charge in [-0.2, -0.15) is 0 Å². The lowest BCUT2D eigenvalue weighted by atomic mass is 10.0. The summed E-state index contributed by atoms with van der Waals surface area (Å²) in [5.74, 6) is 1.51. The van der Waals surface area contributed by atoms with Gasteiger partial charge in [-0.1, -0.05) is 30.3 Å². The van der Waals surface area contributed by atoms with Crippen LogP contribution in [-0.4, -0.2) is 27.3 Å². The van der Waals surface area contributed by atoms with Crippen LogP contribution in [0.4, 0.5) is 5.82 Å². The molecule has 1 amide bonds. The van der Waals surface area contributed by atoms with Gasteiger partial charge in [-0.3, -0.25) is 4.79 Å². The Morgan fingerprint density at radius 1 is 1.26 bits per heavy atom. The predicted octanol–water partition coefficient (Wildman–Crippen LogP) is 4.16. The molecule has 2 aromatic heterocycles. The summed E-state index contributed by atoms with van der Waals surface area (Å²) in [6.45, 7) is 3.67. The Balaban J connectivity index is 1.46. The van der Waals surface area contributed by atoms with Crippen molar-refractivity contribution in [3.63, 3.8) is 0 Å². The molecule has 3 aromatic rings. The summed E-state index contributed by atoms with van der Waals surface area (Å²) in [5.41, 5.74) is 2.55. The number of hydrogen-bond donors (Lipinski definition) is 1. The number of benzene rings is 1. The van der Waals surface area contributed by atoms with Gasteiger partial charge in [0.15, 0.2) is 0 Å². The molecular formula is C21H22N4OS. The molecule has 0 spiro atoms. The van der Waals surface area contributed by atoms with Crippen LogP contribution in [0.15, 0.2) is 36.7 Å². The van der Waals surface area contributed by atoms with Crippen LogP contribution in [0.25, 0.3) is 10.2 Å². The topological polar surface area (TPSA) is 58.1 Å². The molecule has 1 N–H and O–H groups in total.